The molecular formula is C20H30N4O. The fourth-order valence-corrected chi connectivity index (χ4v) is 3.35. The highest BCUT2D eigenvalue weighted by Gasteiger charge is 2.23. The predicted octanol–water partition coefficient (Wildman–Crippen LogP) is 3.26. The van der Waals surface area contributed by atoms with Gasteiger partial charge in [-0.05, 0) is 49.5 Å². The highest BCUT2D eigenvalue weighted by molar-refractivity contribution is 5.73. The highest BCUT2D eigenvalue weighted by atomic mass is 16.2. The van der Waals surface area contributed by atoms with Gasteiger partial charge in [0.1, 0.15) is 0 Å². The van der Waals surface area contributed by atoms with Crippen molar-refractivity contribution >= 4 is 6.03 Å². The largest absolute Gasteiger partial charge is 0.337 e. The van der Waals surface area contributed by atoms with Gasteiger partial charge in [-0.1, -0.05) is 38.8 Å². The second-order valence-electron chi connectivity index (χ2n) is 7.13. The van der Waals surface area contributed by atoms with E-state index in [4.69, 9.17) is 5.26 Å². The maximum absolute atomic E-state index is 12.1. The lowest BCUT2D eigenvalue weighted by atomic mass is 10.0. The van der Waals surface area contributed by atoms with Gasteiger partial charge in [-0.25, -0.2) is 4.79 Å². The summed E-state index contributed by atoms with van der Waals surface area (Å²) in [6.45, 7) is 7.87. The smallest absolute Gasteiger partial charge is 0.315 e. The molecule has 1 unspecified atom stereocenters. The van der Waals surface area contributed by atoms with E-state index < -0.39 is 0 Å². The minimum Gasteiger partial charge on any atom is -0.337 e. The van der Waals surface area contributed by atoms with Crippen LogP contribution in [0.25, 0.3) is 0 Å². The predicted molar refractivity (Wildman–Crippen MR) is 100 cm³/mol. The number of nitrogens with one attached hydrogen (secondary N) is 2. The average Bonchev–Trinajstić information content (AvgIpc) is 2.89. The van der Waals surface area contributed by atoms with Crippen molar-refractivity contribution in [1.82, 2.24) is 15.5 Å². The Morgan fingerprint density at radius 3 is 2.32 bits per heavy atom. The lowest BCUT2D eigenvalue weighted by molar-refractivity contribution is 0.157. The topological polar surface area (TPSA) is 68.2 Å². The molecule has 0 aromatic heterocycles. The van der Waals surface area contributed by atoms with Crippen LogP contribution in [0.5, 0.6) is 0 Å². The quantitative estimate of drug-likeness (QED) is 0.834. The third-order valence-electron chi connectivity index (χ3n) is 4.89. The molecule has 0 radical (unpaired) electrons. The summed E-state index contributed by atoms with van der Waals surface area (Å²) in [7, 11) is 0. The van der Waals surface area contributed by atoms with E-state index in [0.717, 1.165) is 18.7 Å². The fraction of sp³-hybridized carbons (Fsp3) is 0.600. The highest BCUT2D eigenvalue weighted by Crippen LogP contribution is 2.17. The molecule has 2 N–H and O–H groups in total. The van der Waals surface area contributed by atoms with E-state index in [1.54, 1.807) is 12.1 Å². The summed E-state index contributed by atoms with van der Waals surface area (Å²) in [6.07, 6.45) is 5.15. The molecule has 1 fully saturated rings. The molecule has 5 nitrogen and oxygen atoms in total. The van der Waals surface area contributed by atoms with E-state index in [1.807, 2.05) is 12.1 Å². The van der Waals surface area contributed by atoms with Gasteiger partial charge in [-0.15, -0.1) is 0 Å². The summed E-state index contributed by atoms with van der Waals surface area (Å²) in [5.41, 5.74) is 1.62. The minimum absolute atomic E-state index is 0.134. The van der Waals surface area contributed by atoms with E-state index in [9.17, 15) is 4.79 Å². The molecule has 0 aliphatic carbocycles. The normalized spacial score (nSPS) is 16.7. The van der Waals surface area contributed by atoms with Gasteiger partial charge in [0.2, 0.25) is 0 Å². The number of likely N-dealkylation sites (tertiary alicyclic amines) is 1. The van der Waals surface area contributed by atoms with Crippen molar-refractivity contribution in [3.05, 3.63) is 35.4 Å². The zero-order chi connectivity index (χ0) is 18.1. The van der Waals surface area contributed by atoms with E-state index in [1.165, 1.54) is 25.7 Å². The number of carbonyl (C=O) groups excluding carboxylic acids is 1. The molecule has 136 valence electrons. The van der Waals surface area contributed by atoms with E-state index in [-0.39, 0.29) is 6.03 Å². The van der Waals surface area contributed by atoms with Gasteiger partial charge < -0.3 is 10.6 Å². The van der Waals surface area contributed by atoms with Crippen LogP contribution in [-0.4, -0.2) is 36.6 Å². The number of carbonyl (C=O) groups is 1. The number of hydrogen-bond acceptors (Lipinski definition) is 3. The summed E-state index contributed by atoms with van der Waals surface area (Å²) in [6, 6.07) is 9.62. The molecule has 1 aliphatic heterocycles. The molecule has 1 aromatic carbocycles. The summed E-state index contributed by atoms with van der Waals surface area (Å²) >= 11 is 0. The summed E-state index contributed by atoms with van der Waals surface area (Å²) < 4.78 is 0. The Morgan fingerprint density at radius 2 is 1.76 bits per heavy atom. The average molecular weight is 342 g/mol. The monoisotopic (exact) mass is 342 g/mol. The van der Waals surface area contributed by atoms with Crippen LogP contribution in [0, 0.1) is 17.2 Å². The van der Waals surface area contributed by atoms with Crippen molar-refractivity contribution in [1.29, 1.82) is 5.26 Å². The van der Waals surface area contributed by atoms with Crippen LogP contribution in [0.2, 0.25) is 0 Å². The molecule has 0 saturated carbocycles. The van der Waals surface area contributed by atoms with Gasteiger partial charge in [0.15, 0.2) is 0 Å². The minimum atomic E-state index is -0.134. The van der Waals surface area contributed by atoms with Crippen molar-refractivity contribution < 1.29 is 4.79 Å². The molecular weight excluding hydrogens is 312 g/mol. The van der Waals surface area contributed by atoms with Crippen LogP contribution in [-0.2, 0) is 6.54 Å². The number of nitriles is 1. The van der Waals surface area contributed by atoms with Gasteiger partial charge in [-0.3, -0.25) is 4.90 Å². The number of hydrogen-bond donors (Lipinski definition) is 2. The van der Waals surface area contributed by atoms with Crippen LogP contribution >= 0.6 is 0 Å². The molecule has 5 heteroatoms. The molecule has 2 rings (SSSR count). The van der Waals surface area contributed by atoms with Gasteiger partial charge in [0.25, 0.3) is 0 Å². The molecule has 0 spiro atoms. The second kappa shape index (κ2) is 10.0. The van der Waals surface area contributed by atoms with Crippen LogP contribution in [0.3, 0.4) is 0 Å². The van der Waals surface area contributed by atoms with Crippen LogP contribution in [0.4, 0.5) is 4.79 Å². The van der Waals surface area contributed by atoms with Crippen LogP contribution in [0.15, 0.2) is 24.3 Å². The summed E-state index contributed by atoms with van der Waals surface area (Å²) in [4.78, 5) is 14.7. The Bertz CT molecular complexity index is 568. The van der Waals surface area contributed by atoms with E-state index in [2.05, 4.69) is 35.5 Å². The Kier molecular flexibility index (Phi) is 7.75. The van der Waals surface area contributed by atoms with Gasteiger partial charge in [0.05, 0.1) is 11.6 Å². The Morgan fingerprint density at radius 1 is 1.12 bits per heavy atom. The molecule has 1 atom stereocenters. The van der Waals surface area contributed by atoms with E-state index in [0.29, 0.717) is 30.6 Å². The molecule has 1 aliphatic rings. The van der Waals surface area contributed by atoms with Gasteiger partial charge >= 0.3 is 6.03 Å². The number of amides is 2. The van der Waals surface area contributed by atoms with Crippen LogP contribution in [0.1, 0.15) is 50.7 Å². The van der Waals surface area contributed by atoms with E-state index >= 15 is 0 Å². The number of benzene rings is 1. The summed E-state index contributed by atoms with van der Waals surface area (Å²) in [5.74, 6) is 0.511. The first-order valence-corrected chi connectivity index (χ1v) is 9.35. The number of nitrogens with zero attached hydrogens (tertiary/aromatic N) is 2. The zero-order valence-electron chi connectivity index (χ0n) is 15.4. The van der Waals surface area contributed by atoms with Gasteiger partial charge in [0, 0.05) is 19.1 Å². The third kappa shape index (κ3) is 6.39. The molecule has 1 saturated heterocycles. The van der Waals surface area contributed by atoms with Gasteiger partial charge in [-0.2, -0.15) is 5.26 Å². The number of rotatable bonds is 6. The lowest BCUT2D eigenvalue weighted by Crippen LogP contribution is -2.49. The first-order chi connectivity index (χ1) is 12.1. The third-order valence-corrected chi connectivity index (χ3v) is 4.89. The van der Waals surface area contributed by atoms with Crippen molar-refractivity contribution in [2.45, 2.75) is 52.1 Å². The fourth-order valence-electron chi connectivity index (χ4n) is 3.35. The molecule has 1 aromatic rings. The molecule has 1 heterocycles. The second-order valence-corrected chi connectivity index (χ2v) is 7.13. The van der Waals surface area contributed by atoms with Crippen LogP contribution < -0.4 is 10.6 Å². The Hall–Kier alpha value is -2.06. The van der Waals surface area contributed by atoms with Crippen molar-refractivity contribution in [3.8, 4) is 6.07 Å². The first-order valence-electron chi connectivity index (χ1n) is 9.35. The molecule has 25 heavy (non-hydrogen) atoms. The number of urea groups is 1. The standard InChI is InChI=1S/C20H30N4O/c1-16(2)19(24-11-5-3-4-6-12-24)15-23-20(25)22-14-18-9-7-17(13-21)8-10-18/h7-10,16,19H,3-6,11-12,14-15H2,1-2H3,(H2,22,23,25). The van der Waals surface area contributed by atoms with Crippen molar-refractivity contribution in [2.24, 2.45) is 5.92 Å². The first kappa shape index (κ1) is 19.3. The molecule has 0 bridgehead atoms. The maximum Gasteiger partial charge on any atom is 0.315 e. The van der Waals surface area contributed by atoms with Crippen molar-refractivity contribution in [3.63, 3.8) is 0 Å². The lowest BCUT2D eigenvalue weighted by Gasteiger charge is -2.33. The van der Waals surface area contributed by atoms with Crippen molar-refractivity contribution in [2.75, 3.05) is 19.6 Å². The summed E-state index contributed by atoms with van der Waals surface area (Å²) in [5, 5.41) is 14.7. The Labute approximate surface area is 151 Å². The molecule has 2 amide bonds. The Balaban J connectivity index is 1.78. The zero-order valence-corrected chi connectivity index (χ0v) is 15.4. The maximum atomic E-state index is 12.1. The SMILES string of the molecule is CC(C)C(CNC(=O)NCc1ccc(C#N)cc1)N1CCCCCC1.